The molecular formula is C14H25NO2. The van der Waals surface area contributed by atoms with Crippen LogP contribution in [0.2, 0.25) is 0 Å². The first kappa shape index (κ1) is 12.9. The molecule has 2 aliphatic rings. The van der Waals surface area contributed by atoms with Crippen LogP contribution in [0.25, 0.3) is 0 Å². The van der Waals surface area contributed by atoms with Crippen molar-refractivity contribution in [2.24, 2.45) is 23.7 Å². The summed E-state index contributed by atoms with van der Waals surface area (Å²) in [7, 11) is 0. The topological polar surface area (TPSA) is 38.3 Å². The van der Waals surface area contributed by atoms with Crippen molar-refractivity contribution in [3.8, 4) is 0 Å². The van der Waals surface area contributed by atoms with Crippen LogP contribution in [0, 0.1) is 23.7 Å². The summed E-state index contributed by atoms with van der Waals surface area (Å²) in [5, 5.41) is 3.47. The van der Waals surface area contributed by atoms with E-state index in [1.54, 1.807) is 0 Å². The lowest BCUT2D eigenvalue weighted by molar-refractivity contribution is -0.147. The predicted octanol–water partition coefficient (Wildman–Crippen LogP) is 2.21. The Labute approximate surface area is 104 Å². The van der Waals surface area contributed by atoms with Crippen molar-refractivity contribution < 1.29 is 9.53 Å². The number of esters is 1. The van der Waals surface area contributed by atoms with Crippen molar-refractivity contribution in [3.05, 3.63) is 0 Å². The van der Waals surface area contributed by atoms with E-state index in [9.17, 15) is 4.79 Å². The highest BCUT2D eigenvalue weighted by Crippen LogP contribution is 2.48. The average molecular weight is 239 g/mol. The number of hydrogen-bond acceptors (Lipinski definition) is 3. The molecule has 2 saturated carbocycles. The molecule has 0 aromatic heterocycles. The van der Waals surface area contributed by atoms with Crippen molar-refractivity contribution >= 4 is 5.97 Å². The van der Waals surface area contributed by atoms with E-state index in [-0.39, 0.29) is 11.9 Å². The molecular weight excluding hydrogens is 214 g/mol. The first-order valence-corrected chi connectivity index (χ1v) is 7.09. The summed E-state index contributed by atoms with van der Waals surface area (Å²) in [4.78, 5) is 11.4. The van der Waals surface area contributed by atoms with E-state index in [0.717, 1.165) is 30.8 Å². The number of rotatable bonds is 8. The third-order valence-electron chi connectivity index (χ3n) is 3.97. The van der Waals surface area contributed by atoms with Gasteiger partial charge in [-0.05, 0) is 56.9 Å². The Kier molecular flexibility index (Phi) is 4.43. The maximum Gasteiger partial charge on any atom is 0.309 e. The van der Waals surface area contributed by atoms with Crippen molar-refractivity contribution in [2.75, 3.05) is 19.7 Å². The van der Waals surface area contributed by atoms with Gasteiger partial charge >= 0.3 is 5.97 Å². The Hall–Kier alpha value is -0.570. The summed E-state index contributed by atoms with van der Waals surface area (Å²) in [6, 6.07) is 0. The molecule has 1 unspecified atom stereocenters. The monoisotopic (exact) mass is 239 g/mol. The molecule has 3 heteroatoms. The Morgan fingerprint density at radius 1 is 1.24 bits per heavy atom. The number of carbonyl (C=O) groups is 1. The second-order valence-corrected chi connectivity index (χ2v) is 5.65. The SMILES string of the molecule is CCOC(=O)C(C)CNCC(C1CC1)C1CC1. The molecule has 98 valence electrons. The Balaban J connectivity index is 1.62. The molecule has 17 heavy (non-hydrogen) atoms. The van der Waals surface area contributed by atoms with Gasteiger partial charge in [-0.1, -0.05) is 6.92 Å². The highest BCUT2D eigenvalue weighted by atomic mass is 16.5. The normalized spacial score (nSPS) is 21.6. The van der Waals surface area contributed by atoms with Gasteiger partial charge in [-0.15, -0.1) is 0 Å². The summed E-state index contributed by atoms with van der Waals surface area (Å²) in [5.41, 5.74) is 0. The van der Waals surface area contributed by atoms with Crippen LogP contribution in [0.15, 0.2) is 0 Å². The van der Waals surface area contributed by atoms with E-state index in [0.29, 0.717) is 6.61 Å². The predicted molar refractivity (Wildman–Crippen MR) is 67.6 cm³/mol. The maximum absolute atomic E-state index is 11.4. The largest absolute Gasteiger partial charge is 0.466 e. The molecule has 3 nitrogen and oxygen atoms in total. The van der Waals surface area contributed by atoms with Crippen LogP contribution < -0.4 is 5.32 Å². The first-order valence-electron chi connectivity index (χ1n) is 7.09. The minimum atomic E-state index is -0.0746. The van der Waals surface area contributed by atoms with E-state index in [4.69, 9.17) is 4.74 Å². The highest BCUT2D eigenvalue weighted by molar-refractivity contribution is 5.72. The average Bonchev–Trinajstić information content (AvgIpc) is 3.17. The van der Waals surface area contributed by atoms with Gasteiger partial charge in [0.1, 0.15) is 0 Å². The molecule has 0 aromatic carbocycles. The molecule has 0 amide bonds. The molecule has 0 heterocycles. The van der Waals surface area contributed by atoms with E-state index in [1.807, 2.05) is 13.8 Å². The van der Waals surface area contributed by atoms with Crippen LogP contribution in [0.4, 0.5) is 0 Å². The van der Waals surface area contributed by atoms with Gasteiger partial charge in [0.25, 0.3) is 0 Å². The Morgan fingerprint density at radius 3 is 2.29 bits per heavy atom. The number of carbonyl (C=O) groups excluding carboxylic acids is 1. The van der Waals surface area contributed by atoms with E-state index in [2.05, 4.69) is 5.32 Å². The smallest absolute Gasteiger partial charge is 0.309 e. The molecule has 0 aromatic rings. The minimum Gasteiger partial charge on any atom is -0.466 e. The summed E-state index contributed by atoms with van der Waals surface area (Å²) < 4.78 is 5.00. The number of ether oxygens (including phenoxy) is 1. The molecule has 1 atom stereocenters. The quantitative estimate of drug-likeness (QED) is 0.660. The van der Waals surface area contributed by atoms with Crippen molar-refractivity contribution in [1.82, 2.24) is 5.32 Å². The highest BCUT2D eigenvalue weighted by Gasteiger charge is 2.40. The van der Waals surface area contributed by atoms with Crippen molar-refractivity contribution in [3.63, 3.8) is 0 Å². The van der Waals surface area contributed by atoms with E-state index in [1.165, 1.54) is 25.7 Å². The second kappa shape index (κ2) is 5.85. The van der Waals surface area contributed by atoms with E-state index >= 15 is 0 Å². The summed E-state index contributed by atoms with van der Waals surface area (Å²) in [6.45, 7) is 6.13. The fraction of sp³-hybridized carbons (Fsp3) is 0.929. The van der Waals surface area contributed by atoms with Crippen LogP contribution in [-0.4, -0.2) is 25.7 Å². The van der Waals surface area contributed by atoms with Gasteiger partial charge in [0.2, 0.25) is 0 Å². The van der Waals surface area contributed by atoms with Crippen molar-refractivity contribution in [1.29, 1.82) is 0 Å². The Bertz CT molecular complexity index is 247. The van der Waals surface area contributed by atoms with Crippen LogP contribution in [0.5, 0.6) is 0 Å². The molecule has 2 aliphatic carbocycles. The molecule has 0 spiro atoms. The first-order chi connectivity index (χ1) is 8.22. The molecule has 0 radical (unpaired) electrons. The van der Waals surface area contributed by atoms with E-state index < -0.39 is 0 Å². The fourth-order valence-corrected chi connectivity index (χ4v) is 2.60. The third-order valence-corrected chi connectivity index (χ3v) is 3.97. The zero-order valence-corrected chi connectivity index (χ0v) is 11.1. The van der Waals surface area contributed by atoms with Gasteiger partial charge in [-0.3, -0.25) is 4.79 Å². The Morgan fingerprint density at radius 2 is 1.82 bits per heavy atom. The third kappa shape index (κ3) is 3.98. The van der Waals surface area contributed by atoms with Crippen LogP contribution in [0.1, 0.15) is 39.5 Å². The lowest BCUT2D eigenvalue weighted by Gasteiger charge is -2.18. The van der Waals surface area contributed by atoms with Crippen LogP contribution in [-0.2, 0) is 9.53 Å². The van der Waals surface area contributed by atoms with Gasteiger partial charge in [0, 0.05) is 6.54 Å². The maximum atomic E-state index is 11.4. The van der Waals surface area contributed by atoms with Gasteiger partial charge < -0.3 is 10.1 Å². The summed E-state index contributed by atoms with van der Waals surface area (Å²) >= 11 is 0. The lowest BCUT2D eigenvalue weighted by atomic mass is 9.98. The summed E-state index contributed by atoms with van der Waals surface area (Å²) in [5.74, 6) is 2.74. The molecule has 1 N–H and O–H groups in total. The standard InChI is InChI=1S/C14H25NO2/c1-3-17-14(16)10(2)8-15-9-13(11-4-5-11)12-6-7-12/h10-13,15H,3-9H2,1-2H3. The zero-order chi connectivity index (χ0) is 12.3. The van der Waals surface area contributed by atoms with Crippen LogP contribution in [0.3, 0.4) is 0 Å². The molecule has 2 fully saturated rings. The fourth-order valence-electron chi connectivity index (χ4n) is 2.60. The molecule has 0 aliphatic heterocycles. The van der Waals surface area contributed by atoms with Gasteiger partial charge in [0.15, 0.2) is 0 Å². The summed E-state index contributed by atoms with van der Waals surface area (Å²) in [6.07, 6.45) is 5.71. The molecule has 0 saturated heterocycles. The molecule has 2 rings (SSSR count). The number of hydrogen-bond donors (Lipinski definition) is 1. The van der Waals surface area contributed by atoms with Gasteiger partial charge in [0.05, 0.1) is 12.5 Å². The van der Waals surface area contributed by atoms with Gasteiger partial charge in [-0.2, -0.15) is 0 Å². The van der Waals surface area contributed by atoms with Crippen LogP contribution >= 0.6 is 0 Å². The lowest BCUT2D eigenvalue weighted by Crippen LogP contribution is -2.32. The molecule has 0 bridgehead atoms. The minimum absolute atomic E-state index is 0.0194. The zero-order valence-electron chi connectivity index (χ0n) is 11.1. The number of nitrogens with one attached hydrogen (secondary N) is 1. The second-order valence-electron chi connectivity index (χ2n) is 5.65. The van der Waals surface area contributed by atoms with Gasteiger partial charge in [-0.25, -0.2) is 0 Å². The van der Waals surface area contributed by atoms with Crippen molar-refractivity contribution in [2.45, 2.75) is 39.5 Å².